The minimum atomic E-state index is -1.83. The molecule has 0 saturated heterocycles. The van der Waals surface area contributed by atoms with E-state index in [1.807, 2.05) is 176 Å². The molecule has 1 heterocycles. The van der Waals surface area contributed by atoms with Crippen molar-refractivity contribution in [2.75, 3.05) is 25.1 Å². The topological polar surface area (TPSA) is 326 Å². The number of carbonyl (C=O) groups is 10. The van der Waals surface area contributed by atoms with Gasteiger partial charge < -0.3 is 70.6 Å². The molecular weight excluding hydrogens is 1610 g/mol. The number of aromatic nitrogens is 1. The predicted octanol–water partition coefficient (Wildman–Crippen LogP) is 13.9. The molecule has 1 aliphatic carbocycles. The number of benzene rings is 12. The molecule has 7 amide bonds. The first-order chi connectivity index (χ1) is 62.0. The summed E-state index contributed by atoms with van der Waals surface area (Å²) in [6.07, 6.45) is -1.51. The Kier molecular flexibility index (Phi) is 29.9. The van der Waals surface area contributed by atoms with Crippen molar-refractivity contribution >= 4 is 76.0 Å². The van der Waals surface area contributed by atoms with Gasteiger partial charge in [-0.1, -0.05) is 303 Å². The van der Waals surface area contributed by atoms with E-state index in [1.54, 1.807) is 152 Å². The molecule has 0 spiro atoms. The lowest BCUT2D eigenvalue weighted by atomic mass is 9.80. The average Bonchev–Trinajstić information content (AvgIpc) is 1.34. The molecule has 127 heavy (non-hydrogen) atoms. The largest absolute Gasteiger partial charge is 0.489 e. The standard InChI is InChI=1S/C103H94N8O16/c112-93(68-123-92-51-29-28-50-86(92)107-99(118)89(59-70-52-54-78(55-53-70)122-64-71-32-10-2-11-33-71)111-102(121)126-67-84-82-47-24-22-45-80(82)81-46-23-25-48-83(81)84)106-87(56-57-94(113)127-103(75-38-16-5-17-39-75,76-40-18-6-19-41-76)77-42-20-7-21-43-77)98(117)109-90(60-74-62-104-85-49-27-26-44-79(74)85)100(119)110-91(61-95(114)124-65-72-34-12-3-13-35-72)101(120)108-88(58-69-30-8-1-9-31-69)97(116)105-63-96(115)125-66-73-36-14-4-15-37-73/h1-55,62,84,87-91,104H,56-61,63-68H2,(H,105,116)(H,106,112)(H,107,118)(H,108,120)(H,109,117)(H,110,119)(H,111,121)/t87-,88-,89-,90-,91-/m0/s1. The van der Waals surface area contributed by atoms with Gasteiger partial charge in [0.1, 0.15) is 74.7 Å². The van der Waals surface area contributed by atoms with Gasteiger partial charge in [-0.25, -0.2) is 4.79 Å². The van der Waals surface area contributed by atoms with Crippen LogP contribution in [0.25, 0.3) is 22.0 Å². The summed E-state index contributed by atoms with van der Waals surface area (Å²) in [7, 11) is 0. The van der Waals surface area contributed by atoms with E-state index in [2.05, 4.69) is 42.2 Å². The molecule has 14 rings (SSSR count). The number of carbonyl (C=O) groups excluding carboxylic acids is 10. The average molecular weight is 1700 g/mol. The van der Waals surface area contributed by atoms with E-state index < -0.39 is 128 Å². The van der Waals surface area contributed by atoms with Crippen LogP contribution in [-0.4, -0.2) is 114 Å². The Labute approximate surface area is 734 Å². The maximum Gasteiger partial charge on any atom is 0.407 e. The second kappa shape index (κ2) is 43.4. The molecule has 1 aromatic heterocycles. The summed E-state index contributed by atoms with van der Waals surface area (Å²) in [5.74, 6) is -7.77. The number of anilines is 1. The van der Waals surface area contributed by atoms with E-state index >= 15 is 19.2 Å². The van der Waals surface area contributed by atoms with Gasteiger partial charge in [-0.3, -0.25) is 43.2 Å². The quantitative estimate of drug-likeness (QED) is 0.0100. The Morgan fingerprint density at radius 3 is 1.41 bits per heavy atom. The van der Waals surface area contributed by atoms with E-state index in [0.717, 1.165) is 27.8 Å². The SMILES string of the molecule is O=C(COc1ccccc1NC(=O)[C@H](Cc1ccc(OCc2ccccc2)cc1)NC(=O)OCC1c2ccccc2-c2ccccc21)N[C@@H](CCC(=O)OC(c1ccccc1)(c1ccccc1)c1ccccc1)C(=O)N[C@@H](Cc1c[nH]c2ccccc12)C(=O)N[C@@H](CC(=O)OCc1ccccc1)C(=O)N[C@@H](Cc1ccccc1)C(=O)NCC(=O)OCc1ccccc1. The summed E-state index contributed by atoms with van der Waals surface area (Å²) in [6, 6.07) is 91.8. The van der Waals surface area contributed by atoms with Crippen LogP contribution in [0.2, 0.25) is 0 Å². The van der Waals surface area contributed by atoms with Crippen molar-refractivity contribution in [2.45, 2.75) is 100 Å². The van der Waals surface area contributed by atoms with Gasteiger partial charge in [-0.05, 0) is 92.4 Å². The van der Waals surface area contributed by atoms with Crippen molar-refractivity contribution in [1.29, 1.82) is 0 Å². The summed E-state index contributed by atoms with van der Waals surface area (Å²) in [5, 5.41) is 19.9. The third kappa shape index (κ3) is 23.8. The van der Waals surface area contributed by atoms with Crippen LogP contribution in [-0.2, 0) is 107 Å². The highest BCUT2D eigenvalue weighted by Gasteiger charge is 2.42. The Morgan fingerprint density at radius 1 is 0.370 bits per heavy atom. The number of ether oxygens (including phenoxy) is 6. The van der Waals surface area contributed by atoms with Crippen LogP contribution in [0.1, 0.15) is 86.4 Å². The van der Waals surface area contributed by atoms with Gasteiger partial charge in [0, 0.05) is 65.4 Å². The molecule has 0 unspecified atom stereocenters. The van der Waals surface area contributed by atoms with Crippen LogP contribution in [0, 0.1) is 0 Å². The van der Waals surface area contributed by atoms with Crippen LogP contribution in [0.3, 0.4) is 0 Å². The van der Waals surface area contributed by atoms with E-state index in [4.69, 9.17) is 28.4 Å². The molecule has 0 saturated carbocycles. The molecule has 1 aliphatic rings. The number of hydrogen-bond donors (Lipinski definition) is 8. The van der Waals surface area contributed by atoms with E-state index in [9.17, 15) is 28.8 Å². The number of aromatic amines is 1. The maximum atomic E-state index is 15.8. The van der Waals surface area contributed by atoms with Gasteiger partial charge in [0.2, 0.25) is 29.5 Å². The lowest BCUT2D eigenvalue weighted by Crippen LogP contribution is -2.59. The molecule has 8 N–H and O–H groups in total. The van der Waals surface area contributed by atoms with Gasteiger partial charge in [0.05, 0.1) is 12.1 Å². The summed E-state index contributed by atoms with van der Waals surface area (Å²) in [5.41, 5.74) is 9.00. The lowest BCUT2D eigenvalue weighted by Gasteiger charge is -2.35. The molecule has 0 radical (unpaired) electrons. The smallest absolute Gasteiger partial charge is 0.407 e. The number of fused-ring (bicyclic) bond motifs is 4. The third-order valence-corrected chi connectivity index (χ3v) is 21.7. The van der Waals surface area contributed by atoms with Crippen LogP contribution >= 0.6 is 0 Å². The number of rotatable bonds is 40. The number of esters is 3. The number of H-pyrrole nitrogens is 1. The van der Waals surface area contributed by atoms with E-state index in [1.165, 1.54) is 12.1 Å². The summed E-state index contributed by atoms with van der Waals surface area (Å²) in [6.45, 7) is -1.44. The Balaban J connectivity index is 0.737. The lowest BCUT2D eigenvalue weighted by molar-refractivity contribution is -0.154. The van der Waals surface area contributed by atoms with E-state index in [0.29, 0.717) is 67.8 Å². The number of nitrogens with one attached hydrogen (secondary N) is 8. The first-order valence-electron chi connectivity index (χ1n) is 41.8. The van der Waals surface area contributed by atoms with Crippen LogP contribution in [0.5, 0.6) is 11.5 Å². The molecular formula is C103H94N8O16. The number of hydrogen-bond acceptors (Lipinski definition) is 16. The van der Waals surface area contributed by atoms with Crippen molar-refractivity contribution in [2.24, 2.45) is 0 Å². The Bertz CT molecular complexity index is 5790. The fourth-order valence-corrected chi connectivity index (χ4v) is 15.3. The van der Waals surface area contributed by atoms with Gasteiger partial charge in [-0.15, -0.1) is 0 Å². The van der Waals surface area contributed by atoms with Crippen molar-refractivity contribution in [3.63, 3.8) is 0 Å². The Morgan fingerprint density at radius 2 is 0.827 bits per heavy atom. The molecule has 642 valence electrons. The van der Waals surface area contributed by atoms with Gasteiger partial charge in [-0.2, -0.15) is 0 Å². The normalized spacial score (nSPS) is 12.6. The fraction of sp³-hybridized carbons (Fsp3) is 0.184. The number of alkyl carbamates (subject to hydrolysis) is 1. The molecule has 0 bridgehead atoms. The van der Waals surface area contributed by atoms with Crippen molar-refractivity contribution in [3.8, 4) is 22.6 Å². The zero-order chi connectivity index (χ0) is 88.1. The highest BCUT2D eigenvalue weighted by Crippen LogP contribution is 2.45. The third-order valence-electron chi connectivity index (χ3n) is 21.7. The molecule has 24 heteroatoms. The van der Waals surface area contributed by atoms with Crippen LogP contribution in [0.15, 0.2) is 340 Å². The second-order valence-electron chi connectivity index (χ2n) is 30.5. The zero-order valence-electron chi connectivity index (χ0n) is 69.3. The molecule has 5 atom stereocenters. The Hall–Kier alpha value is -15.7. The van der Waals surface area contributed by atoms with Crippen LogP contribution in [0.4, 0.5) is 10.5 Å². The van der Waals surface area contributed by atoms with Gasteiger partial charge >= 0.3 is 24.0 Å². The summed E-state index contributed by atoms with van der Waals surface area (Å²) >= 11 is 0. The molecule has 12 aromatic carbocycles. The second-order valence-corrected chi connectivity index (χ2v) is 30.5. The monoisotopic (exact) mass is 1700 g/mol. The predicted molar refractivity (Wildman–Crippen MR) is 478 cm³/mol. The van der Waals surface area contributed by atoms with E-state index in [-0.39, 0.29) is 56.4 Å². The first kappa shape index (κ1) is 87.6. The summed E-state index contributed by atoms with van der Waals surface area (Å²) in [4.78, 5) is 151. The van der Waals surface area contributed by atoms with Crippen molar-refractivity contribution < 1.29 is 76.4 Å². The number of amides is 7. The fourth-order valence-electron chi connectivity index (χ4n) is 15.3. The minimum absolute atomic E-state index is 0.0151. The zero-order valence-corrected chi connectivity index (χ0v) is 69.3. The van der Waals surface area contributed by atoms with Crippen molar-refractivity contribution in [1.82, 2.24) is 36.9 Å². The highest BCUT2D eigenvalue weighted by atomic mass is 16.6. The molecule has 24 nitrogen and oxygen atoms in total. The maximum absolute atomic E-state index is 15.8. The number of para-hydroxylation sites is 3. The van der Waals surface area contributed by atoms with Gasteiger partial charge in [0.25, 0.3) is 5.91 Å². The van der Waals surface area contributed by atoms with Gasteiger partial charge in [0.15, 0.2) is 12.2 Å². The van der Waals surface area contributed by atoms with Crippen molar-refractivity contribution in [3.05, 3.63) is 401 Å². The minimum Gasteiger partial charge on any atom is -0.489 e. The molecule has 0 fully saturated rings. The summed E-state index contributed by atoms with van der Waals surface area (Å²) < 4.78 is 36.2. The highest BCUT2D eigenvalue weighted by molar-refractivity contribution is 6.00. The first-order valence-corrected chi connectivity index (χ1v) is 41.8. The molecule has 13 aromatic rings. The molecule has 0 aliphatic heterocycles. The van der Waals surface area contributed by atoms with Crippen LogP contribution < -0.4 is 46.7 Å².